The Labute approximate surface area is 171 Å². The van der Waals surface area contributed by atoms with Gasteiger partial charge in [-0.3, -0.25) is 14.6 Å². The van der Waals surface area contributed by atoms with E-state index in [1.165, 1.54) is 7.11 Å². The summed E-state index contributed by atoms with van der Waals surface area (Å²) in [6.07, 6.45) is 2.27. The van der Waals surface area contributed by atoms with Gasteiger partial charge in [0.15, 0.2) is 5.78 Å². The van der Waals surface area contributed by atoms with Crippen molar-refractivity contribution in [3.05, 3.63) is 52.6 Å². The number of rotatable bonds is 8. The van der Waals surface area contributed by atoms with Gasteiger partial charge < -0.3 is 14.2 Å². The number of carbonyl (C=O) groups is 3. The van der Waals surface area contributed by atoms with Crippen LogP contribution in [0.2, 0.25) is 0 Å². The average Bonchev–Trinajstić information content (AvgIpc) is 2.93. The van der Waals surface area contributed by atoms with Crippen molar-refractivity contribution in [2.45, 2.75) is 34.1 Å². The molecule has 0 bridgehead atoms. The van der Waals surface area contributed by atoms with Gasteiger partial charge >= 0.3 is 5.97 Å². The molecule has 0 saturated carbocycles. The SMILES string of the molecule is COC(=O)c1c(C)c(C(=O)CN(CCc2ccccn2)C(=O)C(C)C)c(C)n1C. The maximum absolute atomic E-state index is 13.1. The van der Waals surface area contributed by atoms with Crippen molar-refractivity contribution in [1.82, 2.24) is 14.5 Å². The van der Waals surface area contributed by atoms with Gasteiger partial charge in [0.05, 0.1) is 13.7 Å². The molecule has 0 radical (unpaired) electrons. The van der Waals surface area contributed by atoms with E-state index >= 15 is 0 Å². The second-order valence-corrected chi connectivity index (χ2v) is 7.39. The third kappa shape index (κ3) is 4.91. The molecule has 0 aliphatic carbocycles. The number of nitrogens with zero attached hydrogens (tertiary/aromatic N) is 3. The Morgan fingerprint density at radius 3 is 2.45 bits per heavy atom. The number of amides is 1. The predicted octanol–water partition coefficient (Wildman–Crippen LogP) is 2.73. The van der Waals surface area contributed by atoms with Crippen LogP contribution in [-0.2, 0) is 23.0 Å². The molecule has 2 aromatic heterocycles. The lowest BCUT2D eigenvalue weighted by Gasteiger charge is -2.24. The Morgan fingerprint density at radius 2 is 1.90 bits per heavy atom. The van der Waals surface area contributed by atoms with E-state index in [9.17, 15) is 14.4 Å². The normalized spacial score (nSPS) is 10.9. The van der Waals surface area contributed by atoms with Gasteiger partial charge in [0.1, 0.15) is 5.69 Å². The van der Waals surface area contributed by atoms with E-state index in [0.717, 1.165) is 5.69 Å². The van der Waals surface area contributed by atoms with Gasteiger partial charge in [-0.05, 0) is 31.5 Å². The summed E-state index contributed by atoms with van der Waals surface area (Å²) in [5.74, 6) is -0.998. The van der Waals surface area contributed by atoms with Crippen LogP contribution in [0.1, 0.15) is 51.6 Å². The molecule has 2 rings (SSSR count). The Kier molecular flexibility index (Phi) is 7.31. The van der Waals surface area contributed by atoms with E-state index < -0.39 is 5.97 Å². The Bertz CT molecular complexity index is 901. The summed E-state index contributed by atoms with van der Waals surface area (Å²) in [5, 5.41) is 0. The van der Waals surface area contributed by atoms with E-state index in [1.807, 2.05) is 32.0 Å². The number of carbonyl (C=O) groups excluding carboxylic acids is 3. The molecule has 2 aromatic rings. The van der Waals surface area contributed by atoms with Gasteiger partial charge in [-0.15, -0.1) is 0 Å². The minimum Gasteiger partial charge on any atom is -0.464 e. The number of methoxy groups -OCH3 is 1. The molecule has 2 heterocycles. The lowest BCUT2D eigenvalue weighted by molar-refractivity contribution is -0.134. The van der Waals surface area contributed by atoms with E-state index in [2.05, 4.69) is 4.98 Å². The highest BCUT2D eigenvalue weighted by Gasteiger charge is 2.28. The molecule has 0 aliphatic heterocycles. The zero-order valence-corrected chi connectivity index (χ0v) is 18.0. The molecule has 0 unspecified atom stereocenters. The van der Waals surface area contributed by atoms with Gasteiger partial charge in [-0.25, -0.2) is 4.79 Å². The zero-order chi connectivity index (χ0) is 21.7. The van der Waals surface area contributed by atoms with Crippen molar-refractivity contribution in [2.24, 2.45) is 13.0 Å². The largest absolute Gasteiger partial charge is 0.464 e. The molecule has 0 spiro atoms. The first-order chi connectivity index (χ1) is 13.7. The van der Waals surface area contributed by atoms with Gasteiger partial charge in [-0.1, -0.05) is 19.9 Å². The van der Waals surface area contributed by atoms with Crippen LogP contribution >= 0.6 is 0 Å². The number of aromatic nitrogens is 2. The fourth-order valence-corrected chi connectivity index (χ4v) is 3.45. The topological polar surface area (TPSA) is 81.5 Å². The quantitative estimate of drug-likeness (QED) is 0.504. The minimum absolute atomic E-state index is 0.0455. The van der Waals surface area contributed by atoms with E-state index in [4.69, 9.17) is 4.74 Å². The fourth-order valence-electron chi connectivity index (χ4n) is 3.45. The summed E-state index contributed by atoms with van der Waals surface area (Å²) in [4.78, 5) is 43.8. The van der Waals surface area contributed by atoms with Crippen molar-refractivity contribution in [3.8, 4) is 0 Å². The van der Waals surface area contributed by atoms with Crippen LogP contribution in [0.25, 0.3) is 0 Å². The number of Topliss-reactive ketones (excluding diaryl/α,β-unsaturated/α-hetero) is 1. The third-order valence-electron chi connectivity index (χ3n) is 5.09. The molecule has 7 heteroatoms. The number of hydrogen-bond donors (Lipinski definition) is 0. The Balaban J connectivity index is 2.28. The second-order valence-electron chi connectivity index (χ2n) is 7.39. The summed E-state index contributed by atoms with van der Waals surface area (Å²) in [7, 11) is 3.04. The van der Waals surface area contributed by atoms with Crippen molar-refractivity contribution in [3.63, 3.8) is 0 Å². The molecule has 0 N–H and O–H groups in total. The van der Waals surface area contributed by atoms with Crippen molar-refractivity contribution in [1.29, 1.82) is 0 Å². The van der Waals surface area contributed by atoms with Crippen LogP contribution in [0, 0.1) is 19.8 Å². The number of ether oxygens (including phenoxy) is 1. The molecule has 156 valence electrons. The monoisotopic (exact) mass is 399 g/mol. The molecular formula is C22H29N3O4. The maximum Gasteiger partial charge on any atom is 0.354 e. The molecule has 7 nitrogen and oxygen atoms in total. The summed E-state index contributed by atoms with van der Waals surface area (Å²) in [6, 6.07) is 5.63. The molecular weight excluding hydrogens is 370 g/mol. The van der Waals surface area contributed by atoms with Gasteiger partial charge in [-0.2, -0.15) is 0 Å². The van der Waals surface area contributed by atoms with Crippen molar-refractivity contribution >= 4 is 17.7 Å². The summed E-state index contributed by atoms with van der Waals surface area (Å²) in [5.41, 5.74) is 2.93. The van der Waals surface area contributed by atoms with Crippen LogP contribution in [0.4, 0.5) is 0 Å². The molecule has 0 fully saturated rings. The van der Waals surface area contributed by atoms with Crippen LogP contribution in [0.5, 0.6) is 0 Å². The first-order valence-corrected chi connectivity index (χ1v) is 9.65. The second kappa shape index (κ2) is 9.49. The Morgan fingerprint density at radius 1 is 1.21 bits per heavy atom. The third-order valence-corrected chi connectivity index (χ3v) is 5.09. The fraction of sp³-hybridized carbons (Fsp3) is 0.455. The van der Waals surface area contributed by atoms with Crippen molar-refractivity contribution < 1.29 is 19.1 Å². The van der Waals surface area contributed by atoms with E-state index in [1.54, 1.807) is 36.6 Å². The minimum atomic E-state index is -0.489. The molecule has 0 aromatic carbocycles. The summed E-state index contributed by atoms with van der Waals surface area (Å²) >= 11 is 0. The van der Waals surface area contributed by atoms with Crippen LogP contribution < -0.4 is 0 Å². The average molecular weight is 399 g/mol. The summed E-state index contributed by atoms with van der Waals surface area (Å²) in [6.45, 7) is 7.50. The first-order valence-electron chi connectivity index (χ1n) is 9.65. The standard InChI is InChI=1S/C22H29N3O4/c1-14(2)21(27)25(12-10-17-9-7-8-11-23-17)13-18(26)19-15(3)20(22(28)29-6)24(5)16(19)4/h7-9,11,14H,10,12-13H2,1-6H3. The van der Waals surface area contributed by atoms with Gasteiger partial charge in [0, 0.05) is 49.1 Å². The maximum atomic E-state index is 13.1. The lowest BCUT2D eigenvalue weighted by Crippen LogP contribution is -2.40. The molecule has 0 aliphatic rings. The highest BCUT2D eigenvalue weighted by molar-refractivity contribution is 6.04. The van der Waals surface area contributed by atoms with E-state index in [-0.39, 0.29) is 24.2 Å². The van der Waals surface area contributed by atoms with Crippen molar-refractivity contribution in [2.75, 3.05) is 20.2 Å². The molecule has 29 heavy (non-hydrogen) atoms. The van der Waals surface area contributed by atoms with Gasteiger partial charge in [0.25, 0.3) is 0 Å². The smallest absolute Gasteiger partial charge is 0.354 e. The van der Waals surface area contributed by atoms with E-state index in [0.29, 0.717) is 35.5 Å². The van der Waals surface area contributed by atoms with Gasteiger partial charge in [0.2, 0.25) is 5.91 Å². The number of ketones is 1. The number of pyridine rings is 1. The summed E-state index contributed by atoms with van der Waals surface area (Å²) < 4.78 is 6.51. The Hall–Kier alpha value is -2.96. The number of hydrogen-bond acceptors (Lipinski definition) is 5. The highest BCUT2D eigenvalue weighted by Crippen LogP contribution is 2.23. The van der Waals surface area contributed by atoms with Crippen LogP contribution in [0.15, 0.2) is 24.4 Å². The first kappa shape index (κ1) is 22.3. The highest BCUT2D eigenvalue weighted by atomic mass is 16.5. The zero-order valence-electron chi connectivity index (χ0n) is 18.0. The van der Waals surface area contributed by atoms with Crippen LogP contribution in [-0.4, -0.2) is 52.3 Å². The lowest BCUT2D eigenvalue weighted by atomic mass is 10.0. The number of esters is 1. The molecule has 0 saturated heterocycles. The predicted molar refractivity (Wildman–Crippen MR) is 110 cm³/mol. The van der Waals surface area contributed by atoms with Crippen LogP contribution in [0.3, 0.4) is 0 Å². The molecule has 0 atom stereocenters. The molecule has 1 amide bonds.